The average molecular weight is 1930 g/mol. The van der Waals surface area contributed by atoms with E-state index in [0.717, 1.165) is 86.5 Å². The standard InChI is InChI=1S/C51H38N2.C40H23N3S.C30F12N6/c1-51(2)47-19-11-9-17-43(47)44-31-30-42(34-48(44)51)52(40-26-21-36(22-27-40)35-13-5-3-6-14-35)41-28-23-37(24-29-41)38-25-32-50-46(33-38)45-18-10-12-20-49(45)53(50)39-15-7-4-8-16-39;1-2-13-25(14-3-1)36-31-23-22-24-12-4-5-15-26(24)37(31)42-40(41-36)43-32-20-10-8-18-29(32)34-27-16-6-7-17-28(27)35-30-19-9-11-21-33(30)44-39(35)38(34)43;31-19-10(4-46)20(32)26(38)16(25(19)37)7(1-43)13-14(8(2-44)17-27(39)21(33)11(5-47)22(34)28(17)40)15(13)9(3-45)18-29(41)23(35)12(6-48)24(36)30(18)42/h3-34H,1-2H3;1-23H;. The first-order valence-electron chi connectivity index (χ1n) is 45.2. The van der Waals surface area contributed by atoms with Gasteiger partial charge >= 0.3 is 0 Å². The number of halogens is 12. The number of rotatable bonds is 11. The van der Waals surface area contributed by atoms with Crippen LogP contribution in [0.25, 0.3) is 169 Å². The molecule has 4 aromatic heterocycles. The molecule has 0 bridgehead atoms. The fourth-order valence-corrected chi connectivity index (χ4v) is 21.4. The predicted octanol–water partition coefficient (Wildman–Crippen LogP) is 32.2. The lowest BCUT2D eigenvalue weighted by Gasteiger charge is -2.28. The Labute approximate surface area is 821 Å². The highest BCUT2D eigenvalue weighted by Gasteiger charge is 2.47. The number of nitrogens with zero attached hydrogens (tertiary/aromatic N) is 11. The first-order valence-corrected chi connectivity index (χ1v) is 46.0. The van der Waals surface area contributed by atoms with Crippen LogP contribution in [-0.2, 0) is 5.41 Å². The molecule has 0 amide bonds. The molecule has 1 saturated carbocycles. The highest BCUT2D eigenvalue weighted by Crippen LogP contribution is 2.59. The van der Waals surface area contributed by atoms with Crippen LogP contribution in [0.5, 0.6) is 0 Å². The van der Waals surface area contributed by atoms with Crippen LogP contribution in [-0.4, -0.2) is 19.1 Å². The van der Waals surface area contributed by atoms with E-state index in [2.05, 4.69) is 362 Å². The van der Waals surface area contributed by atoms with Gasteiger partial charge in [0.05, 0.1) is 71.4 Å². The second-order valence-corrected chi connectivity index (χ2v) is 36.0. The van der Waals surface area contributed by atoms with Crippen molar-refractivity contribution in [3.8, 4) is 92.7 Å². The molecule has 11 nitrogen and oxygen atoms in total. The Bertz CT molecular complexity index is 9400. The van der Waals surface area contributed by atoms with E-state index in [-0.39, 0.29) is 5.41 Å². The third-order valence-electron chi connectivity index (χ3n) is 26.8. The Morgan fingerprint density at radius 1 is 0.310 bits per heavy atom. The molecule has 0 saturated heterocycles. The summed E-state index contributed by atoms with van der Waals surface area (Å²) in [6, 6.07) is 126. The van der Waals surface area contributed by atoms with Crippen molar-refractivity contribution in [3.05, 3.63) is 465 Å². The Morgan fingerprint density at radius 2 is 0.717 bits per heavy atom. The minimum atomic E-state index is -2.53. The lowest BCUT2D eigenvalue weighted by molar-refractivity contribution is 0.446. The van der Waals surface area contributed by atoms with E-state index in [1.807, 2.05) is 11.3 Å². The van der Waals surface area contributed by atoms with Gasteiger partial charge in [-0.15, -0.1) is 11.3 Å². The Balaban J connectivity index is 0.000000124. The molecule has 24 rings (SSSR count). The van der Waals surface area contributed by atoms with Gasteiger partial charge in [0.1, 0.15) is 53.1 Å². The second-order valence-electron chi connectivity index (χ2n) is 34.9. The molecule has 0 spiro atoms. The maximum Gasteiger partial charge on any atom is 0.235 e. The van der Waals surface area contributed by atoms with Crippen molar-refractivity contribution in [2.75, 3.05) is 4.90 Å². The number of thiophene rings is 1. The molecule has 0 atom stereocenters. The van der Waals surface area contributed by atoms with Gasteiger partial charge in [-0.25, -0.2) is 62.7 Å². The summed E-state index contributed by atoms with van der Waals surface area (Å²) in [4.78, 5) is 13.2. The van der Waals surface area contributed by atoms with Crippen LogP contribution in [0.4, 0.5) is 69.7 Å². The molecular weight excluding hydrogens is 1870 g/mol. The van der Waals surface area contributed by atoms with Crippen molar-refractivity contribution in [2.45, 2.75) is 19.3 Å². The van der Waals surface area contributed by atoms with Gasteiger partial charge in [0.2, 0.25) is 5.95 Å². The summed E-state index contributed by atoms with van der Waals surface area (Å²) in [7, 11) is 0. The van der Waals surface area contributed by atoms with Crippen LogP contribution in [0.3, 0.4) is 0 Å². The van der Waals surface area contributed by atoms with Gasteiger partial charge in [0.25, 0.3) is 0 Å². The number of allylic oxidation sites excluding steroid dienone is 6. The van der Waals surface area contributed by atoms with Crippen LogP contribution >= 0.6 is 11.3 Å². The third kappa shape index (κ3) is 14.5. The molecule has 0 unspecified atom stereocenters. The maximum atomic E-state index is 15.0. The largest absolute Gasteiger partial charge is 0.310 e. The van der Waals surface area contributed by atoms with E-state index in [4.69, 9.17) is 25.8 Å². The van der Waals surface area contributed by atoms with Gasteiger partial charge in [-0.1, -0.05) is 263 Å². The number of aromatic nitrogens is 4. The van der Waals surface area contributed by atoms with E-state index in [1.54, 1.807) is 0 Å². The van der Waals surface area contributed by atoms with Gasteiger partial charge in [-0.2, -0.15) is 31.6 Å². The van der Waals surface area contributed by atoms with Gasteiger partial charge in [0.15, 0.2) is 69.8 Å². The van der Waals surface area contributed by atoms with Crippen LogP contribution in [0, 0.1) is 138 Å². The van der Waals surface area contributed by atoms with Crippen LogP contribution in [0.1, 0.15) is 58.4 Å². The van der Waals surface area contributed by atoms with E-state index in [0.29, 0.717) is 5.95 Å². The van der Waals surface area contributed by atoms with Gasteiger partial charge in [-0.05, 0) is 146 Å². The molecule has 0 aliphatic heterocycles. The fourth-order valence-electron chi connectivity index (χ4n) is 20.1. The average Bonchev–Trinajstić information content (AvgIpc) is 1.50. The van der Waals surface area contributed by atoms with Crippen molar-refractivity contribution < 1.29 is 52.7 Å². The van der Waals surface area contributed by atoms with Gasteiger partial charge in [-0.3, -0.25) is 4.57 Å². The van der Waals surface area contributed by atoms with Crippen LogP contribution in [0.2, 0.25) is 0 Å². The first kappa shape index (κ1) is 90.9. The summed E-state index contributed by atoms with van der Waals surface area (Å²) in [5.41, 5.74) is 0.948. The van der Waals surface area contributed by atoms with Crippen molar-refractivity contribution in [3.63, 3.8) is 0 Å². The molecule has 4 heterocycles. The Morgan fingerprint density at radius 3 is 1.25 bits per heavy atom. The zero-order valence-corrected chi connectivity index (χ0v) is 76.4. The van der Waals surface area contributed by atoms with Crippen molar-refractivity contribution in [1.29, 1.82) is 31.6 Å². The number of hydrogen-bond acceptors (Lipinski definition) is 10. The number of nitriles is 6. The van der Waals surface area contributed by atoms with Gasteiger partial charge < -0.3 is 9.47 Å². The molecule has 690 valence electrons. The van der Waals surface area contributed by atoms with E-state index in [1.165, 1.54) is 125 Å². The van der Waals surface area contributed by atoms with E-state index in [9.17, 15) is 42.1 Å². The molecule has 22 aromatic rings. The molecule has 2 aliphatic carbocycles. The molecule has 145 heavy (non-hydrogen) atoms. The molecule has 0 N–H and O–H groups in total. The van der Waals surface area contributed by atoms with Crippen LogP contribution < -0.4 is 4.90 Å². The van der Waals surface area contributed by atoms with E-state index >= 15 is 26.3 Å². The number of anilines is 3. The van der Waals surface area contributed by atoms with Crippen LogP contribution in [0.15, 0.2) is 350 Å². The number of benzene rings is 18. The number of fused-ring (bicyclic) bond motifs is 19. The molecular formula is C121H61F12N11S. The summed E-state index contributed by atoms with van der Waals surface area (Å²) in [6.07, 6.45) is 0. The SMILES string of the molecule is CC1(C)c2ccccc2-c2ccc(N(c3ccc(-c4ccccc4)cc3)c3ccc(-c4ccc5c(c4)c4ccccc4n5-c4ccccc4)cc3)cc21.N#CC(=C1C(=C(C#N)c2c(F)c(F)c(C#N)c(F)c2F)C1=C(C#N)c1c(F)c(F)c(C#N)c(F)c1F)c1c(F)c(F)c(C#N)c(F)c1F.c1ccc(-c2nc(-n3c4ccccc4c4c5ccccc5c5c6ccccc6sc5c43)nc3c2ccc2ccccc23)cc1. The summed E-state index contributed by atoms with van der Waals surface area (Å²) in [6.45, 7) is 4.70. The minimum absolute atomic E-state index is 0.0864. The normalized spacial score (nSPS) is 12.2. The molecule has 1 fully saturated rings. The molecule has 24 heteroatoms. The van der Waals surface area contributed by atoms with Crippen molar-refractivity contribution >= 4 is 141 Å². The predicted molar refractivity (Wildman–Crippen MR) is 542 cm³/mol. The zero-order chi connectivity index (χ0) is 100. The highest BCUT2D eigenvalue weighted by atomic mass is 32.1. The highest BCUT2D eigenvalue weighted by molar-refractivity contribution is 7.27. The fraction of sp³-hybridized carbons (Fsp3) is 0.0248. The maximum absolute atomic E-state index is 15.0. The Hall–Kier alpha value is -19.2. The molecule has 2 aliphatic rings. The summed E-state index contributed by atoms with van der Waals surface area (Å²) >= 11 is 1.86. The first-order chi connectivity index (χ1) is 70.5. The lowest BCUT2D eigenvalue weighted by Crippen LogP contribution is -2.16. The molecule has 0 radical (unpaired) electrons. The Kier molecular flexibility index (Phi) is 22.5. The number of hydrogen-bond donors (Lipinski definition) is 0. The minimum Gasteiger partial charge on any atom is -0.310 e. The quantitative estimate of drug-likeness (QED) is 0.0527. The second kappa shape index (κ2) is 35.9. The third-order valence-corrected chi connectivity index (χ3v) is 28.0. The summed E-state index contributed by atoms with van der Waals surface area (Å²) < 4.78 is 185. The monoisotopic (exact) mass is 1930 g/mol. The molecule has 18 aromatic carbocycles. The zero-order valence-electron chi connectivity index (χ0n) is 75.6. The smallest absolute Gasteiger partial charge is 0.235 e. The van der Waals surface area contributed by atoms with Gasteiger partial charge in [0, 0.05) is 98.2 Å². The number of para-hydroxylation sites is 3. The lowest BCUT2D eigenvalue weighted by atomic mass is 9.82. The summed E-state index contributed by atoms with van der Waals surface area (Å²) in [5, 5.41) is 69.3. The topological polar surface area (TPSA) is 182 Å². The van der Waals surface area contributed by atoms with Crippen molar-refractivity contribution in [1.82, 2.24) is 19.1 Å². The summed E-state index contributed by atoms with van der Waals surface area (Å²) in [5.74, 6) is -29.2. The van der Waals surface area contributed by atoms with Crippen molar-refractivity contribution in [2.24, 2.45) is 0 Å². The van der Waals surface area contributed by atoms with E-state index < -0.39 is 137 Å².